The Morgan fingerprint density at radius 2 is 1.79 bits per heavy atom. The minimum atomic E-state index is -0.371. The highest BCUT2D eigenvalue weighted by molar-refractivity contribution is 6.07. The Morgan fingerprint density at radius 3 is 2.53 bits per heavy atom. The summed E-state index contributed by atoms with van der Waals surface area (Å²) in [5.74, 6) is 0.0352. The molecule has 0 saturated heterocycles. The minimum Gasteiger partial charge on any atom is -0.459 e. The maximum Gasteiger partial charge on any atom is 0.291 e. The molecule has 2 heterocycles. The summed E-state index contributed by atoms with van der Waals surface area (Å²) in [6.07, 6.45) is 1.44. The summed E-state index contributed by atoms with van der Waals surface area (Å²) in [7, 11) is 0. The Balaban J connectivity index is 1.57. The number of benzene rings is 2. The van der Waals surface area contributed by atoms with Crippen molar-refractivity contribution in [3.05, 3.63) is 77.7 Å². The largest absolute Gasteiger partial charge is 0.459 e. The number of nitrogens with zero attached hydrogens (tertiary/aromatic N) is 3. The van der Waals surface area contributed by atoms with Gasteiger partial charge in [0.15, 0.2) is 5.76 Å². The zero-order valence-corrected chi connectivity index (χ0v) is 19.7. The van der Waals surface area contributed by atoms with Crippen molar-refractivity contribution in [1.29, 1.82) is 0 Å². The summed E-state index contributed by atoms with van der Waals surface area (Å²) in [6, 6.07) is 16.3. The zero-order chi connectivity index (χ0) is 24.1. The van der Waals surface area contributed by atoms with Gasteiger partial charge >= 0.3 is 0 Å². The fourth-order valence-electron chi connectivity index (χ4n) is 3.84. The van der Waals surface area contributed by atoms with E-state index in [0.29, 0.717) is 23.7 Å². The predicted octanol–water partition coefficient (Wildman–Crippen LogP) is 4.78. The Bertz CT molecular complexity index is 1290. The number of furan rings is 1. The second kappa shape index (κ2) is 10.4. The van der Waals surface area contributed by atoms with Crippen molar-refractivity contribution >= 4 is 34.5 Å². The predicted molar refractivity (Wildman–Crippen MR) is 133 cm³/mol. The fourth-order valence-corrected chi connectivity index (χ4v) is 3.84. The summed E-state index contributed by atoms with van der Waals surface area (Å²) in [5, 5.41) is 5.78. The lowest BCUT2D eigenvalue weighted by atomic mass is 10.1. The van der Waals surface area contributed by atoms with Gasteiger partial charge in [0.25, 0.3) is 11.8 Å². The number of anilines is 2. The van der Waals surface area contributed by atoms with Gasteiger partial charge in [-0.2, -0.15) is 0 Å². The van der Waals surface area contributed by atoms with Gasteiger partial charge in [-0.3, -0.25) is 14.9 Å². The van der Waals surface area contributed by atoms with Crippen molar-refractivity contribution in [2.45, 2.75) is 27.3 Å². The average molecular weight is 460 g/mol. The summed E-state index contributed by atoms with van der Waals surface area (Å²) < 4.78 is 7.20. The van der Waals surface area contributed by atoms with E-state index in [1.165, 1.54) is 6.26 Å². The van der Waals surface area contributed by atoms with Crippen molar-refractivity contribution in [3.63, 3.8) is 0 Å². The molecule has 0 unspecified atom stereocenters. The van der Waals surface area contributed by atoms with Gasteiger partial charge in [-0.25, -0.2) is 4.98 Å². The number of nitrogens with one attached hydrogen (secondary N) is 2. The number of para-hydroxylation sites is 2. The first kappa shape index (κ1) is 23.3. The van der Waals surface area contributed by atoms with Crippen LogP contribution in [0.25, 0.3) is 11.0 Å². The molecular formula is C26H29N5O3. The van der Waals surface area contributed by atoms with Crippen LogP contribution in [0.5, 0.6) is 0 Å². The van der Waals surface area contributed by atoms with Crippen LogP contribution in [-0.4, -0.2) is 45.9 Å². The van der Waals surface area contributed by atoms with Crippen LogP contribution in [0.4, 0.5) is 11.6 Å². The first-order valence-electron chi connectivity index (χ1n) is 11.4. The van der Waals surface area contributed by atoms with Crippen molar-refractivity contribution in [2.24, 2.45) is 0 Å². The van der Waals surface area contributed by atoms with Crippen LogP contribution in [0.3, 0.4) is 0 Å². The number of rotatable bonds is 9. The second-order valence-electron chi connectivity index (χ2n) is 8.02. The van der Waals surface area contributed by atoms with Crippen molar-refractivity contribution in [3.8, 4) is 0 Å². The Kier molecular flexibility index (Phi) is 7.08. The van der Waals surface area contributed by atoms with Gasteiger partial charge in [0.1, 0.15) is 0 Å². The Labute approximate surface area is 198 Å². The number of carbonyl (C=O) groups is 2. The molecule has 8 heteroatoms. The van der Waals surface area contributed by atoms with Gasteiger partial charge in [0.2, 0.25) is 5.95 Å². The quantitative estimate of drug-likeness (QED) is 0.376. The fraction of sp³-hybridized carbons (Fsp3) is 0.269. The third-order valence-corrected chi connectivity index (χ3v) is 5.91. The number of imidazole rings is 1. The summed E-state index contributed by atoms with van der Waals surface area (Å²) in [4.78, 5) is 32.6. The van der Waals surface area contributed by atoms with E-state index in [1.54, 1.807) is 30.3 Å². The highest BCUT2D eigenvalue weighted by Gasteiger charge is 2.17. The van der Waals surface area contributed by atoms with E-state index in [1.807, 2.05) is 35.8 Å². The van der Waals surface area contributed by atoms with Crippen LogP contribution in [-0.2, 0) is 6.54 Å². The molecule has 8 nitrogen and oxygen atoms in total. The molecule has 0 saturated carbocycles. The van der Waals surface area contributed by atoms with Crippen LogP contribution in [0.2, 0.25) is 0 Å². The lowest BCUT2D eigenvalue weighted by Crippen LogP contribution is -2.27. The molecule has 4 aromatic rings. The number of aromatic nitrogens is 2. The molecule has 0 bridgehead atoms. The molecule has 2 N–H and O–H groups in total. The van der Waals surface area contributed by atoms with Crippen molar-refractivity contribution in [2.75, 3.05) is 30.3 Å². The molecule has 2 aromatic carbocycles. The molecule has 2 aromatic heterocycles. The smallest absolute Gasteiger partial charge is 0.291 e. The number of carbonyl (C=O) groups excluding carboxylic acids is 2. The molecule has 0 spiro atoms. The number of hydrogen-bond acceptors (Lipinski definition) is 5. The van der Waals surface area contributed by atoms with E-state index in [0.717, 1.165) is 36.2 Å². The van der Waals surface area contributed by atoms with Gasteiger partial charge in [0, 0.05) is 24.3 Å². The molecule has 34 heavy (non-hydrogen) atoms. The lowest BCUT2D eigenvalue weighted by Gasteiger charge is -2.19. The zero-order valence-electron chi connectivity index (χ0n) is 19.7. The van der Waals surface area contributed by atoms with E-state index in [9.17, 15) is 9.59 Å². The molecule has 0 aliphatic heterocycles. The lowest BCUT2D eigenvalue weighted by molar-refractivity contribution is 0.0993. The summed E-state index contributed by atoms with van der Waals surface area (Å²) in [6.45, 7) is 9.61. The SMILES string of the molecule is CCN(CC)CCn1c(NC(=O)c2ccc(C)c(NC(=O)c3ccco3)c2)nc2ccccc21. The third kappa shape index (κ3) is 5.02. The molecular weight excluding hydrogens is 430 g/mol. The number of likely N-dealkylation sites (N-methyl/N-ethyl adjacent to an activating group) is 1. The summed E-state index contributed by atoms with van der Waals surface area (Å²) in [5.41, 5.74) is 3.60. The summed E-state index contributed by atoms with van der Waals surface area (Å²) >= 11 is 0. The first-order valence-corrected chi connectivity index (χ1v) is 11.4. The van der Waals surface area contributed by atoms with Crippen LogP contribution < -0.4 is 10.6 Å². The van der Waals surface area contributed by atoms with E-state index < -0.39 is 0 Å². The molecule has 0 atom stereocenters. The number of amides is 2. The molecule has 176 valence electrons. The second-order valence-corrected chi connectivity index (χ2v) is 8.02. The van der Waals surface area contributed by atoms with Gasteiger partial charge in [-0.1, -0.05) is 32.0 Å². The topological polar surface area (TPSA) is 92.4 Å². The number of fused-ring (bicyclic) bond motifs is 1. The standard InChI is InChI=1S/C26H29N5O3/c1-4-30(5-2)14-15-31-22-10-7-6-9-20(22)28-26(31)29-24(32)19-13-12-18(3)21(17-19)27-25(33)23-11-8-16-34-23/h6-13,16-17H,4-5,14-15H2,1-3H3,(H,27,33)(H,28,29,32). The Morgan fingerprint density at radius 1 is 1.00 bits per heavy atom. The van der Waals surface area contributed by atoms with E-state index in [4.69, 9.17) is 4.42 Å². The monoisotopic (exact) mass is 459 g/mol. The van der Waals surface area contributed by atoms with E-state index >= 15 is 0 Å². The maximum atomic E-state index is 13.2. The minimum absolute atomic E-state index is 0.205. The van der Waals surface area contributed by atoms with Crippen molar-refractivity contribution in [1.82, 2.24) is 14.5 Å². The van der Waals surface area contributed by atoms with Crippen LogP contribution >= 0.6 is 0 Å². The van der Waals surface area contributed by atoms with Crippen LogP contribution in [0.15, 0.2) is 65.3 Å². The van der Waals surface area contributed by atoms with Gasteiger partial charge in [0.05, 0.1) is 17.3 Å². The molecule has 0 radical (unpaired) electrons. The highest BCUT2D eigenvalue weighted by atomic mass is 16.3. The average Bonchev–Trinajstić information content (AvgIpc) is 3.50. The van der Waals surface area contributed by atoms with E-state index in [2.05, 4.69) is 34.4 Å². The molecule has 0 fully saturated rings. The highest BCUT2D eigenvalue weighted by Crippen LogP contribution is 2.22. The van der Waals surface area contributed by atoms with Gasteiger partial charge < -0.3 is 19.2 Å². The number of aryl methyl sites for hydroxylation is 1. The molecule has 4 rings (SSSR count). The normalized spacial score (nSPS) is 11.2. The third-order valence-electron chi connectivity index (χ3n) is 5.91. The number of hydrogen-bond donors (Lipinski definition) is 2. The first-order chi connectivity index (χ1) is 16.5. The Hall–Kier alpha value is -3.91. The van der Waals surface area contributed by atoms with E-state index in [-0.39, 0.29) is 17.6 Å². The molecule has 2 amide bonds. The van der Waals surface area contributed by atoms with Crippen LogP contribution in [0.1, 0.15) is 40.3 Å². The van der Waals surface area contributed by atoms with Gasteiger partial charge in [-0.05, 0) is 62.0 Å². The maximum absolute atomic E-state index is 13.2. The van der Waals surface area contributed by atoms with Gasteiger partial charge in [-0.15, -0.1) is 0 Å². The molecule has 0 aliphatic carbocycles. The molecule has 0 aliphatic rings. The van der Waals surface area contributed by atoms with Crippen LogP contribution in [0, 0.1) is 6.92 Å². The van der Waals surface area contributed by atoms with Crippen molar-refractivity contribution < 1.29 is 14.0 Å².